The highest BCUT2D eigenvalue weighted by Crippen LogP contribution is 2.50. The third-order valence-corrected chi connectivity index (χ3v) is 9.07. The predicted octanol–water partition coefficient (Wildman–Crippen LogP) is 4.37. The van der Waals surface area contributed by atoms with E-state index in [1.165, 1.54) is 16.3 Å². The Morgan fingerprint density at radius 3 is 2.50 bits per heavy atom. The summed E-state index contributed by atoms with van der Waals surface area (Å²) in [6.07, 6.45) is 1.94. The molecule has 8 heteroatoms. The van der Waals surface area contributed by atoms with E-state index in [4.69, 9.17) is 4.74 Å². The Hall–Kier alpha value is -2.13. The maximum atomic E-state index is 13.4. The Bertz CT molecular complexity index is 1320. The molecule has 2 fully saturated rings. The summed E-state index contributed by atoms with van der Waals surface area (Å²) in [7, 11) is 0.0529. The minimum absolute atomic E-state index is 0.167. The highest BCUT2D eigenvalue weighted by atomic mass is 79.9. The minimum atomic E-state index is -3.67. The van der Waals surface area contributed by atoms with Crippen molar-refractivity contribution in [2.24, 2.45) is 0 Å². The summed E-state index contributed by atoms with van der Waals surface area (Å²) in [5.41, 5.74) is 1.88. The molecule has 1 aliphatic carbocycles. The lowest BCUT2D eigenvalue weighted by Crippen LogP contribution is -2.44. The highest BCUT2D eigenvalue weighted by Gasteiger charge is 2.45. The van der Waals surface area contributed by atoms with E-state index in [1.807, 2.05) is 6.07 Å². The Kier molecular flexibility index (Phi) is 6.35. The first kappa shape index (κ1) is 23.6. The Balaban J connectivity index is 1.40. The molecule has 0 atom stereocenters. The molecule has 3 aromatic rings. The van der Waals surface area contributed by atoms with E-state index in [0.717, 1.165) is 49.2 Å². The number of ether oxygens (including phenoxy) is 1. The Morgan fingerprint density at radius 1 is 1.03 bits per heavy atom. The lowest BCUT2D eigenvalue weighted by molar-refractivity contribution is 0.311. The molecule has 180 valence electrons. The van der Waals surface area contributed by atoms with E-state index in [2.05, 4.69) is 67.8 Å². The van der Waals surface area contributed by atoms with Gasteiger partial charge < -0.3 is 14.5 Å². The zero-order chi connectivity index (χ0) is 23.9. The minimum Gasteiger partial charge on any atom is -0.495 e. The lowest BCUT2D eigenvalue weighted by Gasteiger charge is -2.34. The molecule has 1 aliphatic heterocycles. The first-order chi connectivity index (χ1) is 16.3. The van der Waals surface area contributed by atoms with Crippen molar-refractivity contribution in [3.05, 3.63) is 64.6 Å². The average Bonchev–Trinajstić information content (AvgIpc) is 3.63. The van der Waals surface area contributed by atoms with Gasteiger partial charge in [0.2, 0.25) is 10.0 Å². The number of methoxy groups -OCH3 is 1. The number of halogens is 1. The van der Waals surface area contributed by atoms with Gasteiger partial charge in [0.25, 0.3) is 0 Å². The first-order valence-electron chi connectivity index (χ1n) is 11.6. The zero-order valence-corrected chi connectivity index (χ0v) is 22.0. The fourth-order valence-corrected chi connectivity index (χ4v) is 6.36. The van der Waals surface area contributed by atoms with E-state index in [-0.39, 0.29) is 10.3 Å². The number of fused-ring (bicyclic) bond motifs is 1. The second-order valence-electron chi connectivity index (χ2n) is 9.40. The van der Waals surface area contributed by atoms with Crippen LogP contribution in [0.15, 0.2) is 64.0 Å². The summed E-state index contributed by atoms with van der Waals surface area (Å²) in [6.45, 7) is 3.92. The van der Waals surface area contributed by atoms with Crippen molar-refractivity contribution < 1.29 is 13.2 Å². The number of likely N-dealkylation sites (N-methyl/N-ethyl adjacent to an activating group) is 1. The van der Waals surface area contributed by atoms with E-state index >= 15 is 0 Å². The highest BCUT2D eigenvalue weighted by molar-refractivity contribution is 9.10. The zero-order valence-electron chi connectivity index (χ0n) is 19.6. The van der Waals surface area contributed by atoms with Gasteiger partial charge in [-0.3, -0.25) is 0 Å². The number of nitrogens with one attached hydrogen (secondary N) is 1. The van der Waals surface area contributed by atoms with Crippen molar-refractivity contribution in [2.75, 3.05) is 51.8 Å². The van der Waals surface area contributed by atoms with E-state index < -0.39 is 10.0 Å². The summed E-state index contributed by atoms with van der Waals surface area (Å²) >= 11 is 3.58. The van der Waals surface area contributed by atoms with Gasteiger partial charge in [-0.1, -0.05) is 40.2 Å². The number of nitrogens with zero attached hydrogens (tertiary/aromatic N) is 2. The van der Waals surface area contributed by atoms with Crippen LogP contribution in [0.5, 0.6) is 5.75 Å². The fourth-order valence-electron chi connectivity index (χ4n) is 4.85. The van der Waals surface area contributed by atoms with E-state index in [0.29, 0.717) is 12.3 Å². The van der Waals surface area contributed by atoms with E-state index in [9.17, 15) is 8.42 Å². The van der Waals surface area contributed by atoms with Crippen LogP contribution in [0, 0.1) is 0 Å². The molecular formula is C26H30BrN3O3S. The molecule has 1 N–H and O–H groups in total. The molecule has 34 heavy (non-hydrogen) atoms. The van der Waals surface area contributed by atoms with Gasteiger partial charge in [-0.15, -0.1) is 0 Å². The second-order valence-corrected chi connectivity index (χ2v) is 12.1. The van der Waals surface area contributed by atoms with Crippen molar-refractivity contribution in [1.82, 2.24) is 9.62 Å². The van der Waals surface area contributed by atoms with Gasteiger partial charge in [0, 0.05) is 42.6 Å². The average molecular weight is 545 g/mol. The molecule has 2 aliphatic rings. The lowest BCUT2D eigenvalue weighted by atomic mass is 9.91. The molecular weight excluding hydrogens is 514 g/mol. The number of hydrogen-bond donors (Lipinski definition) is 1. The molecule has 6 nitrogen and oxygen atoms in total. The first-order valence-corrected chi connectivity index (χ1v) is 13.9. The van der Waals surface area contributed by atoms with Crippen LogP contribution in [-0.4, -0.2) is 60.2 Å². The molecule has 1 heterocycles. The third kappa shape index (κ3) is 4.56. The number of rotatable bonds is 7. The van der Waals surface area contributed by atoms with Crippen LogP contribution in [0.1, 0.15) is 18.4 Å². The quantitative estimate of drug-likeness (QED) is 0.479. The van der Waals surface area contributed by atoms with Crippen LogP contribution >= 0.6 is 15.9 Å². The van der Waals surface area contributed by atoms with Crippen LogP contribution in [-0.2, 0) is 15.4 Å². The Morgan fingerprint density at radius 2 is 1.79 bits per heavy atom. The summed E-state index contributed by atoms with van der Waals surface area (Å²) in [5.74, 6) is 0.698. The smallest absolute Gasteiger partial charge is 0.240 e. The van der Waals surface area contributed by atoms with Gasteiger partial charge in [0.15, 0.2) is 0 Å². The molecule has 0 radical (unpaired) electrons. The molecule has 0 unspecified atom stereocenters. The number of sulfonamides is 1. The summed E-state index contributed by atoms with van der Waals surface area (Å²) in [5, 5.41) is 2.34. The maximum Gasteiger partial charge on any atom is 0.240 e. The number of piperazine rings is 1. The predicted molar refractivity (Wildman–Crippen MR) is 140 cm³/mol. The SMILES string of the molecule is COc1ccc(S(=O)(=O)NCC2(c3cccc4ccc(Br)cc34)CC2)cc1N1CCN(C)CC1. The van der Waals surface area contributed by atoms with Crippen LogP contribution in [0.4, 0.5) is 5.69 Å². The molecule has 1 saturated heterocycles. The van der Waals surface area contributed by atoms with Crippen molar-refractivity contribution >= 4 is 42.4 Å². The summed E-state index contributed by atoms with van der Waals surface area (Å²) in [4.78, 5) is 4.75. The van der Waals surface area contributed by atoms with Crippen molar-refractivity contribution in [3.8, 4) is 5.75 Å². The van der Waals surface area contributed by atoms with Crippen LogP contribution in [0.3, 0.4) is 0 Å². The summed E-state index contributed by atoms with van der Waals surface area (Å²) < 4.78 is 36.2. The van der Waals surface area contributed by atoms with Crippen molar-refractivity contribution in [3.63, 3.8) is 0 Å². The topological polar surface area (TPSA) is 61.9 Å². The standard InChI is InChI=1S/C26H30BrN3O3S/c1-29-12-14-30(15-13-29)24-17-21(8-9-25(24)33-2)34(31,32)28-18-26(10-11-26)23-5-3-4-19-6-7-20(27)16-22(19)23/h3-9,16-17,28H,10-15,18H2,1-2H3. The van der Waals surface area contributed by atoms with Crippen LogP contribution in [0.25, 0.3) is 10.8 Å². The normalized spacial score (nSPS) is 18.3. The maximum absolute atomic E-state index is 13.4. The monoisotopic (exact) mass is 543 g/mol. The van der Waals surface area contributed by atoms with Gasteiger partial charge in [0.05, 0.1) is 17.7 Å². The van der Waals surface area contributed by atoms with Crippen LogP contribution in [0.2, 0.25) is 0 Å². The summed E-state index contributed by atoms with van der Waals surface area (Å²) in [6, 6.07) is 17.7. The number of benzene rings is 3. The molecule has 0 aromatic heterocycles. The molecule has 0 amide bonds. The van der Waals surface area contributed by atoms with Gasteiger partial charge in [-0.2, -0.15) is 0 Å². The number of anilines is 1. The van der Waals surface area contributed by atoms with Gasteiger partial charge >= 0.3 is 0 Å². The van der Waals surface area contributed by atoms with Gasteiger partial charge in [0.1, 0.15) is 5.75 Å². The molecule has 3 aromatic carbocycles. The van der Waals surface area contributed by atoms with E-state index in [1.54, 1.807) is 25.3 Å². The number of hydrogen-bond acceptors (Lipinski definition) is 5. The van der Waals surface area contributed by atoms with Crippen LogP contribution < -0.4 is 14.4 Å². The largest absolute Gasteiger partial charge is 0.495 e. The van der Waals surface area contributed by atoms with Crippen molar-refractivity contribution in [2.45, 2.75) is 23.2 Å². The van der Waals surface area contributed by atoms with Crippen molar-refractivity contribution in [1.29, 1.82) is 0 Å². The molecule has 5 rings (SSSR count). The van der Waals surface area contributed by atoms with Gasteiger partial charge in [-0.05, 0) is 66.6 Å². The Labute approximate surface area is 210 Å². The third-order valence-electron chi connectivity index (χ3n) is 7.17. The second kappa shape index (κ2) is 9.15. The fraction of sp³-hybridized carbons (Fsp3) is 0.385. The molecule has 0 spiro atoms. The van der Waals surface area contributed by atoms with Gasteiger partial charge in [-0.25, -0.2) is 13.1 Å². The molecule has 0 bridgehead atoms. The molecule has 1 saturated carbocycles.